The molecule has 2 rings (SSSR count). The van der Waals surface area contributed by atoms with E-state index in [1.807, 2.05) is 11.0 Å². The van der Waals surface area contributed by atoms with Crippen molar-refractivity contribution < 1.29 is 4.79 Å². The molecule has 0 aromatic heterocycles. The number of hydrogen-bond acceptors (Lipinski definition) is 1. The minimum Gasteiger partial charge on any atom is -0.338 e. The van der Waals surface area contributed by atoms with Gasteiger partial charge < -0.3 is 5.32 Å². The Hall–Kier alpha value is -1.51. The van der Waals surface area contributed by atoms with Crippen LogP contribution in [0.2, 0.25) is 0 Å². The first-order chi connectivity index (χ1) is 7.72. The predicted octanol–water partition coefficient (Wildman–Crippen LogP) is 2.48. The van der Waals surface area contributed by atoms with E-state index in [0.29, 0.717) is 0 Å². The van der Waals surface area contributed by atoms with Crippen LogP contribution in [0.5, 0.6) is 0 Å². The first kappa shape index (κ1) is 11.0. The molecule has 0 saturated heterocycles. The summed E-state index contributed by atoms with van der Waals surface area (Å²) in [6, 6.07) is 6.31. The molecule has 0 fully saturated rings. The lowest BCUT2D eigenvalue weighted by atomic mass is 10.1. The Morgan fingerprint density at radius 2 is 2.31 bits per heavy atom. The second kappa shape index (κ2) is 4.56. The number of nitrogens with zero attached hydrogens (tertiary/aromatic N) is 1. The van der Waals surface area contributed by atoms with Crippen LogP contribution in [0.4, 0.5) is 10.5 Å². The number of rotatable bonds is 2. The van der Waals surface area contributed by atoms with E-state index in [1.54, 1.807) is 0 Å². The second-order valence-corrected chi connectivity index (χ2v) is 4.27. The van der Waals surface area contributed by atoms with Gasteiger partial charge in [0.1, 0.15) is 0 Å². The summed E-state index contributed by atoms with van der Waals surface area (Å²) < 4.78 is 0. The molecule has 2 amide bonds. The van der Waals surface area contributed by atoms with E-state index >= 15 is 0 Å². The molecule has 1 aromatic carbocycles. The van der Waals surface area contributed by atoms with Crippen LogP contribution in [-0.2, 0) is 6.42 Å². The average molecular weight is 218 g/mol. The number of carbonyl (C=O) groups is 1. The molecule has 0 radical (unpaired) electrons. The lowest BCUT2D eigenvalue weighted by molar-refractivity contribution is 0.247. The van der Waals surface area contributed by atoms with Crippen LogP contribution in [-0.4, -0.2) is 19.1 Å². The van der Waals surface area contributed by atoms with Crippen LogP contribution in [0.15, 0.2) is 18.2 Å². The third-order valence-electron chi connectivity index (χ3n) is 2.90. The fourth-order valence-corrected chi connectivity index (χ4v) is 2.07. The summed E-state index contributed by atoms with van der Waals surface area (Å²) in [5.74, 6) is 0. The highest BCUT2D eigenvalue weighted by atomic mass is 16.2. The van der Waals surface area contributed by atoms with Crippen molar-refractivity contribution in [2.75, 3.05) is 18.0 Å². The number of anilines is 1. The number of amides is 2. The highest BCUT2D eigenvalue weighted by Crippen LogP contribution is 2.28. The van der Waals surface area contributed by atoms with Crippen molar-refractivity contribution in [2.45, 2.75) is 26.7 Å². The predicted molar refractivity (Wildman–Crippen MR) is 65.9 cm³/mol. The van der Waals surface area contributed by atoms with E-state index in [-0.39, 0.29) is 6.03 Å². The van der Waals surface area contributed by atoms with Gasteiger partial charge in [-0.05, 0) is 31.4 Å². The topological polar surface area (TPSA) is 32.3 Å². The number of benzene rings is 1. The van der Waals surface area contributed by atoms with Crippen LogP contribution >= 0.6 is 0 Å². The number of carbonyl (C=O) groups excluding carboxylic acids is 1. The van der Waals surface area contributed by atoms with Gasteiger partial charge in [0.15, 0.2) is 0 Å². The van der Waals surface area contributed by atoms with Crippen molar-refractivity contribution in [1.29, 1.82) is 0 Å². The fourth-order valence-electron chi connectivity index (χ4n) is 2.07. The van der Waals surface area contributed by atoms with Crippen LogP contribution < -0.4 is 10.2 Å². The third-order valence-corrected chi connectivity index (χ3v) is 2.90. The van der Waals surface area contributed by atoms with Crippen LogP contribution in [0.3, 0.4) is 0 Å². The van der Waals surface area contributed by atoms with Crippen molar-refractivity contribution in [3.8, 4) is 0 Å². The highest BCUT2D eigenvalue weighted by Gasteiger charge is 2.23. The van der Waals surface area contributed by atoms with Gasteiger partial charge in [-0.3, -0.25) is 4.90 Å². The van der Waals surface area contributed by atoms with E-state index in [9.17, 15) is 4.79 Å². The molecule has 1 N–H and O–H groups in total. The summed E-state index contributed by atoms with van der Waals surface area (Å²) in [7, 11) is 0. The van der Waals surface area contributed by atoms with E-state index in [0.717, 1.165) is 31.6 Å². The van der Waals surface area contributed by atoms with Crippen molar-refractivity contribution in [2.24, 2.45) is 0 Å². The highest BCUT2D eigenvalue weighted by molar-refractivity contribution is 5.94. The van der Waals surface area contributed by atoms with E-state index < -0.39 is 0 Å². The zero-order chi connectivity index (χ0) is 11.5. The number of nitrogens with one attached hydrogen (secondary N) is 1. The Balaban J connectivity index is 2.14. The molecule has 3 nitrogen and oxygen atoms in total. The van der Waals surface area contributed by atoms with Crippen LogP contribution in [0.1, 0.15) is 24.5 Å². The molecule has 1 aliphatic rings. The van der Waals surface area contributed by atoms with Crippen molar-refractivity contribution in [1.82, 2.24) is 5.32 Å². The summed E-state index contributed by atoms with van der Waals surface area (Å²) in [5.41, 5.74) is 3.61. The van der Waals surface area contributed by atoms with Crippen molar-refractivity contribution >= 4 is 11.7 Å². The summed E-state index contributed by atoms with van der Waals surface area (Å²) in [5, 5.41) is 2.92. The molecule has 0 bridgehead atoms. The van der Waals surface area contributed by atoms with Crippen molar-refractivity contribution in [3.05, 3.63) is 29.3 Å². The minimum atomic E-state index is 0.0319. The Labute approximate surface area is 96.5 Å². The maximum absolute atomic E-state index is 11.9. The van der Waals surface area contributed by atoms with Gasteiger partial charge in [0, 0.05) is 18.8 Å². The smallest absolute Gasteiger partial charge is 0.321 e. The van der Waals surface area contributed by atoms with Gasteiger partial charge in [-0.15, -0.1) is 0 Å². The number of hydrogen-bond donors (Lipinski definition) is 1. The first-order valence-electron chi connectivity index (χ1n) is 5.87. The molecule has 0 atom stereocenters. The Morgan fingerprint density at radius 1 is 1.50 bits per heavy atom. The number of urea groups is 1. The second-order valence-electron chi connectivity index (χ2n) is 4.27. The molecule has 0 spiro atoms. The quantitative estimate of drug-likeness (QED) is 0.812. The van der Waals surface area contributed by atoms with Gasteiger partial charge >= 0.3 is 6.03 Å². The minimum absolute atomic E-state index is 0.0319. The van der Waals surface area contributed by atoms with E-state index in [2.05, 4.69) is 31.3 Å². The zero-order valence-electron chi connectivity index (χ0n) is 9.92. The summed E-state index contributed by atoms with van der Waals surface area (Å²) >= 11 is 0. The largest absolute Gasteiger partial charge is 0.338 e. The molecular weight excluding hydrogens is 200 g/mol. The molecular formula is C13H18N2O. The maximum Gasteiger partial charge on any atom is 0.321 e. The van der Waals surface area contributed by atoms with Gasteiger partial charge in [0.25, 0.3) is 0 Å². The summed E-state index contributed by atoms with van der Waals surface area (Å²) in [6.07, 6.45) is 1.94. The molecule has 0 aliphatic carbocycles. The molecule has 3 heteroatoms. The van der Waals surface area contributed by atoms with Gasteiger partial charge in [-0.1, -0.05) is 24.6 Å². The number of aryl methyl sites for hydroxylation is 1. The Morgan fingerprint density at radius 3 is 3.06 bits per heavy atom. The van der Waals surface area contributed by atoms with Gasteiger partial charge in [-0.2, -0.15) is 0 Å². The van der Waals surface area contributed by atoms with Gasteiger partial charge in [0.05, 0.1) is 0 Å². The Bertz CT molecular complexity index is 401. The molecule has 1 aliphatic heterocycles. The summed E-state index contributed by atoms with van der Waals surface area (Å²) in [6.45, 7) is 5.69. The Kier molecular flexibility index (Phi) is 3.13. The maximum atomic E-state index is 11.9. The normalized spacial score (nSPS) is 13.8. The average Bonchev–Trinajstić information content (AvgIpc) is 2.68. The monoisotopic (exact) mass is 218 g/mol. The standard InChI is InChI=1S/C13H18N2O/c1-3-7-14-13(16)15-8-6-11-9-10(2)4-5-12(11)15/h4-5,9H,3,6-8H2,1-2H3,(H,14,16). The molecule has 1 aromatic rings. The van der Waals surface area contributed by atoms with Crippen LogP contribution in [0, 0.1) is 6.92 Å². The first-order valence-corrected chi connectivity index (χ1v) is 5.87. The van der Waals surface area contributed by atoms with Gasteiger partial charge in [-0.25, -0.2) is 4.79 Å². The van der Waals surface area contributed by atoms with E-state index in [1.165, 1.54) is 11.1 Å². The van der Waals surface area contributed by atoms with Crippen molar-refractivity contribution in [3.63, 3.8) is 0 Å². The SMILES string of the molecule is CCCNC(=O)N1CCc2cc(C)ccc21. The molecule has 0 unspecified atom stereocenters. The third kappa shape index (κ3) is 2.03. The lowest BCUT2D eigenvalue weighted by Crippen LogP contribution is -2.39. The molecule has 1 heterocycles. The van der Waals surface area contributed by atoms with Crippen LogP contribution in [0.25, 0.3) is 0 Å². The molecule has 86 valence electrons. The fraction of sp³-hybridized carbons (Fsp3) is 0.462. The van der Waals surface area contributed by atoms with Gasteiger partial charge in [0.2, 0.25) is 0 Å². The van der Waals surface area contributed by atoms with E-state index in [4.69, 9.17) is 0 Å². The summed E-state index contributed by atoms with van der Waals surface area (Å²) in [4.78, 5) is 13.7. The zero-order valence-corrected chi connectivity index (χ0v) is 9.92. The molecule has 16 heavy (non-hydrogen) atoms. The number of fused-ring (bicyclic) bond motifs is 1. The molecule has 0 saturated carbocycles. The lowest BCUT2D eigenvalue weighted by Gasteiger charge is -2.17.